The minimum Gasteiger partial charge on any atom is -0.494 e. The maximum atomic E-state index is 14.4. The summed E-state index contributed by atoms with van der Waals surface area (Å²) in [5.41, 5.74) is -1.12. The Morgan fingerprint density at radius 1 is 1.10 bits per heavy atom. The van der Waals surface area contributed by atoms with Crippen molar-refractivity contribution < 1.29 is 29.0 Å². The zero-order valence-electron chi connectivity index (χ0n) is 24.5. The number of benzene rings is 2. The Hall–Kier alpha value is -3.43. The monoisotopic (exact) mass is 563 g/mol. The molecule has 1 spiro atoms. The van der Waals surface area contributed by atoms with Crippen LogP contribution in [0.5, 0.6) is 5.75 Å². The van der Waals surface area contributed by atoms with Crippen LogP contribution >= 0.6 is 0 Å². The molecule has 41 heavy (non-hydrogen) atoms. The van der Waals surface area contributed by atoms with Crippen LogP contribution in [0.15, 0.2) is 54.6 Å². The Morgan fingerprint density at radius 3 is 2.39 bits per heavy atom. The van der Waals surface area contributed by atoms with E-state index in [2.05, 4.69) is 10.6 Å². The molecule has 6 atom stereocenters. The average molecular weight is 564 g/mol. The van der Waals surface area contributed by atoms with E-state index in [1.165, 1.54) is 4.90 Å². The average Bonchev–Trinajstić information content (AvgIpc) is 3.49. The maximum absolute atomic E-state index is 14.4. The SMILES string of the molecule is CCOc1ccc(NC(=O)[C@H]2[C@H]3C(=O)N([C@@H](CO)Cc4ccccc4)C(C(=O)NC(C)(C)C)C34CC[C@]2(C)O4)cc1. The number of anilines is 1. The summed E-state index contributed by atoms with van der Waals surface area (Å²) in [6, 6.07) is 15.0. The first-order valence-corrected chi connectivity index (χ1v) is 14.5. The Morgan fingerprint density at radius 2 is 1.78 bits per heavy atom. The molecular weight excluding hydrogens is 522 g/mol. The Labute approximate surface area is 241 Å². The Balaban J connectivity index is 1.51. The third kappa shape index (κ3) is 5.21. The summed E-state index contributed by atoms with van der Waals surface area (Å²) in [7, 11) is 0. The number of nitrogens with zero attached hydrogens (tertiary/aromatic N) is 1. The number of ether oxygens (including phenoxy) is 2. The van der Waals surface area contributed by atoms with Crippen molar-refractivity contribution in [3.05, 3.63) is 60.2 Å². The van der Waals surface area contributed by atoms with Gasteiger partial charge in [0.15, 0.2) is 0 Å². The highest BCUT2D eigenvalue weighted by Crippen LogP contribution is 2.63. The fourth-order valence-corrected chi connectivity index (χ4v) is 7.05. The first-order valence-electron chi connectivity index (χ1n) is 14.5. The fourth-order valence-electron chi connectivity index (χ4n) is 7.05. The fraction of sp³-hybridized carbons (Fsp3) is 0.531. The number of carbonyl (C=O) groups excluding carboxylic acids is 3. The van der Waals surface area contributed by atoms with E-state index in [1.54, 1.807) is 24.3 Å². The predicted molar refractivity (Wildman–Crippen MR) is 154 cm³/mol. The van der Waals surface area contributed by atoms with Crippen molar-refractivity contribution in [3.8, 4) is 5.75 Å². The van der Waals surface area contributed by atoms with Gasteiger partial charge in [0.1, 0.15) is 17.4 Å². The number of nitrogens with one attached hydrogen (secondary N) is 2. The number of likely N-dealkylation sites (tertiary alicyclic amines) is 1. The minimum atomic E-state index is -1.17. The van der Waals surface area contributed by atoms with E-state index < -0.39 is 40.7 Å². The van der Waals surface area contributed by atoms with Gasteiger partial charge < -0.3 is 30.1 Å². The molecule has 3 heterocycles. The summed E-state index contributed by atoms with van der Waals surface area (Å²) in [6.07, 6.45) is 1.37. The molecule has 0 aromatic heterocycles. The molecule has 5 rings (SSSR count). The molecule has 3 aliphatic heterocycles. The molecule has 3 saturated heterocycles. The maximum Gasteiger partial charge on any atom is 0.246 e. The first kappa shape index (κ1) is 29.1. The van der Waals surface area contributed by atoms with Crippen LogP contribution in [0.25, 0.3) is 0 Å². The topological polar surface area (TPSA) is 117 Å². The molecule has 2 aromatic carbocycles. The lowest BCUT2D eigenvalue weighted by molar-refractivity contribution is -0.149. The molecule has 3 aliphatic rings. The predicted octanol–water partition coefficient (Wildman–Crippen LogP) is 3.31. The number of carbonyl (C=O) groups is 3. The minimum absolute atomic E-state index is 0.322. The molecule has 9 heteroatoms. The summed E-state index contributed by atoms with van der Waals surface area (Å²) in [4.78, 5) is 43.8. The van der Waals surface area contributed by atoms with Crippen molar-refractivity contribution in [1.82, 2.24) is 10.2 Å². The van der Waals surface area contributed by atoms with E-state index in [9.17, 15) is 19.5 Å². The van der Waals surface area contributed by atoms with Crippen molar-refractivity contribution in [2.24, 2.45) is 11.8 Å². The van der Waals surface area contributed by atoms with Gasteiger partial charge in [0.25, 0.3) is 0 Å². The quantitative estimate of drug-likeness (QED) is 0.431. The van der Waals surface area contributed by atoms with Crippen molar-refractivity contribution in [2.45, 2.75) is 82.7 Å². The largest absolute Gasteiger partial charge is 0.494 e. The third-order valence-electron chi connectivity index (χ3n) is 8.59. The van der Waals surface area contributed by atoms with Gasteiger partial charge in [-0.2, -0.15) is 0 Å². The molecule has 0 aliphatic carbocycles. The number of hydrogen-bond donors (Lipinski definition) is 3. The molecule has 0 radical (unpaired) electrons. The van der Waals surface area contributed by atoms with Crippen molar-refractivity contribution in [1.29, 1.82) is 0 Å². The Bertz CT molecular complexity index is 1290. The molecule has 0 saturated carbocycles. The van der Waals surface area contributed by atoms with Crippen LogP contribution in [0.3, 0.4) is 0 Å². The standard InChI is InChI=1S/C32H41N3O6/c1-6-40-23-14-12-21(13-15-23)33-27(37)24-25-29(39)35(22(19-36)18-20-10-8-7-9-11-20)26(28(38)34-30(2,3)4)32(25)17-16-31(24,5)41-32/h7-15,22,24-26,36H,6,16-19H2,1-5H3,(H,33,37)(H,34,38)/t22-,24-,25+,26?,31+,32?/m1/s1. The second-order valence-electron chi connectivity index (χ2n) is 12.7. The zero-order chi connectivity index (χ0) is 29.6. The molecule has 2 aromatic rings. The molecule has 3 amide bonds. The van der Waals surface area contributed by atoms with Gasteiger partial charge in [-0.15, -0.1) is 0 Å². The van der Waals surface area contributed by atoms with Gasteiger partial charge in [0, 0.05) is 11.2 Å². The van der Waals surface area contributed by atoms with E-state index in [0.29, 0.717) is 37.3 Å². The van der Waals surface area contributed by atoms with E-state index >= 15 is 0 Å². The summed E-state index contributed by atoms with van der Waals surface area (Å²) < 4.78 is 12.2. The highest BCUT2D eigenvalue weighted by atomic mass is 16.5. The molecule has 220 valence electrons. The van der Waals surface area contributed by atoms with Crippen molar-refractivity contribution in [3.63, 3.8) is 0 Å². The zero-order valence-corrected chi connectivity index (χ0v) is 24.5. The first-order chi connectivity index (χ1) is 19.4. The molecule has 9 nitrogen and oxygen atoms in total. The van der Waals surface area contributed by atoms with Crippen LogP contribution in [0.2, 0.25) is 0 Å². The molecule has 2 bridgehead atoms. The Kier molecular flexibility index (Phi) is 7.63. The number of aliphatic hydroxyl groups is 1. The van der Waals surface area contributed by atoms with Gasteiger partial charge in [0.05, 0.1) is 36.7 Å². The second kappa shape index (κ2) is 10.8. The van der Waals surface area contributed by atoms with E-state index in [0.717, 1.165) is 5.56 Å². The highest BCUT2D eigenvalue weighted by molar-refractivity contribution is 6.02. The molecule has 3 N–H and O–H groups in total. The normalized spacial score (nSPS) is 29.3. The highest BCUT2D eigenvalue weighted by Gasteiger charge is 2.78. The molecular formula is C32H41N3O6. The van der Waals surface area contributed by atoms with Crippen LogP contribution in [-0.2, 0) is 25.5 Å². The van der Waals surface area contributed by atoms with Gasteiger partial charge in [0.2, 0.25) is 17.7 Å². The summed E-state index contributed by atoms with van der Waals surface area (Å²) in [6.45, 7) is 9.63. The number of fused-ring (bicyclic) bond motifs is 1. The molecule has 2 unspecified atom stereocenters. The smallest absolute Gasteiger partial charge is 0.246 e. The number of aliphatic hydroxyl groups excluding tert-OH is 1. The van der Waals surface area contributed by atoms with Gasteiger partial charge in [-0.05, 0) is 83.7 Å². The van der Waals surface area contributed by atoms with Crippen LogP contribution < -0.4 is 15.4 Å². The summed E-state index contributed by atoms with van der Waals surface area (Å²) in [5.74, 6) is -1.95. The summed E-state index contributed by atoms with van der Waals surface area (Å²) in [5, 5.41) is 16.6. The van der Waals surface area contributed by atoms with Crippen LogP contribution in [0, 0.1) is 11.8 Å². The van der Waals surface area contributed by atoms with Gasteiger partial charge >= 0.3 is 0 Å². The van der Waals surface area contributed by atoms with Gasteiger partial charge in [-0.3, -0.25) is 14.4 Å². The van der Waals surface area contributed by atoms with E-state index in [1.807, 2.05) is 65.0 Å². The van der Waals surface area contributed by atoms with Crippen molar-refractivity contribution in [2.75, 3.05) is 18.5 Å². The second-order valence-corrected chi connectivity index (χ2v) is 12.7. The lowest BCUT2D eigenvalue weighted by Crippen LogP contribution is -2.60. The van der Waals surface area contributed by atoms with Gasteiger partial charge in [-0.1, -0.05) is 30.3 Å². The van der Waals surface area contributed by atoms with Crippen LogP contribution in [0.4, 0.5) is 5.69 Å². The third-order valence-corrected chi connectivity index (χ3v) is 8.59. The van der Waals surface area contributed by atoms with Crippen LogP contribution in [0.1, 0.15) is 53.0 Å². The number of rotatable bonds is 9. The number of hydrogen-bond acceptors (Lipinski definition) is 6. The lowest BCUT2D eigenvalue weighted by Gasteiger charge is -2.38. The lowest BCUT2D eigenvalue weighted by atomic mass is 9.66. The molecule has 3 fully saturated rings. The van der Waals surface area contributed by atoms with E-state index in [4.69, 9.17) is 9.47 Å². The van der Waals surface area contributed by atoms with E-state index in [-0.39, 0.29) is 24.3 Å². The summed E-state index contributed by atoms with van der Waals surface area (Å²) >= 11 is 0. The number of amides is 3. The van der Waals surface area contributed by atoms with Gasteiger partial charge in [-0.25, -0.2) is 0 Å². The van der Waals surface area contributed by atoms with Crippen molar-refractivity contribution >= 4 is 23.4 Å². The van der Waals surface area contributed by atoms with Crippen LogP contribution in [-0.4, -0.2) is 69.8 Å².